The molecule has 176 valence electrons. The number of thioether (sulfide) groups is 1. The maximum Gasteiger partial charge on any atom is 0.373 e. The summed E-state index contributed by atoms with van der Waals surface area (Å²) in [5, 5.41) is 8.83. The number of amides is 2. The van der Waals surface area contributed by atoms with E-state index in [1.54, 1.807) is 36.4 Å². The highest BCUT2D eigenvalue weighted by atomic mass is 79.9. The van der Waals surface area contributed by atoms with E-state index in [0.717, 1.165) is 26.7 Å². The van der Waals surface area contributed by atoms with Gasteiger partial charge in [0.2, 0.25) is 5.76 Å². The third-order valence-electron chi connectivity index (χ3n) is 5.02. The lowest BCUT2D eigenvalue weighted by molar-refractivity contribution is -0.123. The van der Waals surface area contributed by atoms with E-state index in [1.165, 1.54) is 19.2 Å². The molecule has 1 fully saturated rings. The lowest BCUT2D eigenvalue weighted by Gasteiger charge is -2.12. The van der Waals surface area contributed by atoms with Gasteiger partial charge in [-0.15, -0.1) is 0 Å². The summed E-state index contributed by atoms with van der Waals surface area (Å²) in [5.74, 6) is -0.390. The fraction of sp³-hybridized carbons (Fsp3) is 0.120. The van der Waals surface area contributed by atoms with Crippen LogP contribution in [0, 0.1) is 11.3 Å². The lowest BCUT2D eigenvalue weighted by atomic mass is 10.1. The van der Waals surface area contributed by atoms with E-state index < -0.39 is 17.1 Å². The first-order valence-electron chi connectivity index (χ1n) is 10.2. The van der Waals surface area contributed by atoms with Crippen LogP contribution in [0.15, 0.2) is 68.4 Å². The first kappa shape index (κ1) is 24.3. The summed E-state index contributed by atoms with van der Waals surface area (Å²) in [7, 11) is 1.23. The van der Waals surface area contributed by atoms with Gasteiger partial charge in [-0.2, -0.15) is 5.26 Å². The molecule has 10 heteroatoms. The van der Waals surface area contributed by atoms with Gasteiger partial charge in [-0.3, -0.25) is 14.5 Å². The normalized spacial score (nSPS) is 14.3. The minimum absolute atomic E-state index is 0.0149. The van der Waals surface area contributed by atoms with Crippen LogP contribution in [0.2, 0.25) is 0 Å². The largest absolute Gasteiger partial charge is 0.488 e. The maximum atomic E-state index is 13.0. The number of methoxy groups -OCH3 is 1. The van der Waals surface area contributed by atoms with Crippen molar-refractivity contribution in [2.24, 2.45) is 0 Å². The van der Waals surface area contributed by atoms with Gasteiger partial charge in [0, 0.05) is 15.6 Å². The first-order valence-corrected chi connectivity index (χ1v) is 11.8. The van der Waals surface area contributed by atoms with Crippen molar-refractivity contribution in [2.45, 2.75) is 13.2 Å². The molecule has 35 heavy (non-hydrogen) atoms. The molecule has 0 atom stereocenters. The van der Waals surface area contributed by atoms with Crippen molar-refractivity contribution in [2.75, 3.05) is 7.11 Å². The Kier molecular flexibility index (Phi) is 7.39. The zero-order valence-corrected chi connectivity index (χ0v) is 20.7. The molecule has 2 amide bonds. The predicted molar refractivity (Wildman–Crippen MR) is 131 cm³/mol. The van der Waals surface area contributed by atoms with Crippen LogP contribution in [-0.4, -0.2) is 29.1 Å². The van der Waals surface area contributed by atoms with E-state index in [0.29, 0.717) is 16.9 Å². The van der Waals surface area contributed by atoms with Crippen molar-refractivity contribution in [3.05, 3.63) is 92.2 Å². The van der Waals surface area contributed by atoms with Crippen LogP contribution >= 0.6 is 27.7 Å². The van der Waals surface area contributed by atoms with Crippen molar-refractivity contribution in [3.63, 3.8) is 0 Å². The zero-order valence-electron chi connectivity index (χ0n) is 18.3. The zero-order chi connectivity index (χ0) is 24.9. The van der Waals surface area contributed by atoms with Crippen LogP contribution in [0.1, 0.15) is 33.0 Å². The number of halogens is 1. The summed E-state index contributed by atoms with van der Waals surface area (Å²) in [6.07, 6.45) is 1.59. The maximum absolute atomic E-state index is 13.0. The Morgan fingerprint density at radius 2 is 2.00 bits per heavy atom. The van der Waals surface area contributed by atoms with E-state index in [2.05, 4.69) is 26.7 Å². The first-order chi connectivity index (χ1) is 16.9. The van der Waals surface area contributed by atoms with Gasteiger partial charge < -0.3 is 13.9 Å². The number of nitrogens with zero attached hydrogens (tertiary/aromatic N) is 2. The standard InChI is InChI=1S/C25H17BrN2O6S/c1-32-24(30)21-9-7-19(34-21)13-28-23(29)22(35-25(28)31)11-17-10-18(26)6-8-20(17)33-14-16-5-3-2-4-15(16)12-27/h2-11H,13-14H2,1H3/b22-11+. The molecule has 0 bridgehead atoms. The second-order valence-electron chi connectivity index (χ2n) is 7.27. The molecule has 0 radical (unpaired) electrons. The fourth-order valence-electron chi connectivity index (χ4n) is 3.28. The van der Waals surface area contributed by atoms with Crippen LogP contribution in [0.5, 0.6) is 5.75 Å². The number of hydrogen-bond acceptors (Lipinski definition) is 8. The molecule has 0 aliphatic carbocycles. The Balaban J connectivity index is 1.54. The summed E-state index contributed by atoms with van der Waals surface area (Å²) in [6, 6.07) is 17.5. The van der Waals surface area contributed by atoms with E-state index in [1.807, 2.05) is 12.1 Å². The van der Waals surface area contributed by atoms with Crippen LogP contribution in [0.3, 0.4) is 0 Å². The number of imide groups is 1. The molecule has 8 nitrogen and oxygen atoms in total. The Morgan fingerprint density at radius 1 is 1.20 bits per heavy atom. The van der Waals surface area contributed by atoms with Gasteiger partial charge in [-0.05, 0) is 54.2 Å². The average Bonchev–Trinajstić information content (AvgIpc) is 3.43. The highest BCUT2D eigenvalue weighted by Gasteiger charge is 2.36. The number of nitriles is 1. The van der Waals surface area contributed by atoms with Gasteiger partial charge in [0.25, 0.3) is 11.1 Å². The van der Waals surface area contributed by atoms with Gasteiger partial charge in [-0.25, -0.2) is 4.79 Å². The summed E-state index contributed by atoms with van der Waals surface area (Å²) >= 11 is 4.22. The lowest BCUT2D eigenvalue weighted by Crippen LogP contribution is -2.27. The monoisotopic (exact) mass is 552 g/mol. The topological polar surface area (TPSA) is 110 Å². The molecular formula is C25H17BrN2O6S. The van der Waals surface area contributed by atoms with Crippen molar-refractivity contribution < 1.29 is 28.3 Å². The molecule has 0 spiro atoms. The SMILES string of the molecule is COC(=O)c1ccc(CN2C(=O)S/C(=C/c3cc(Br)ccc3OCc3ccccc3C#N)C2=O)o1. The number of ether oxygens (including phenoxy) is 2. The minimum Gasteiger partial charge on any atom is -0.488 e. The molecule has 4 rings (SSSR count). The Bertz CT molecular complexity index is 1390. The van der Waals surface area contributed by atoms with Crippen molar-refractivity contribution in [1.82, 2.24) is 4.90 Å². The fourth-order valence-corrected chi connectivity index (χ4v) is 4.49. The number of carbonyl (C=O) groups is 3. The molecular weight excluding hydrogens is 536 g/mol. The highest BCUT2D eigenvalue weighted by molar-refractivity contribution is 9.10. The minimum atomic E-state index is -0.648. The average molecular weight is 553 g/mol. The van der Waals surface area contributed by atoms with Crippen LogP contribution < -0.4 is 4.74 Å². The number of carbonyl (C=O) groups excluding carboxylic acids is 3. The molecule has 0 unspecified atom stereocenters. The summed E-state index contributed by atoms with van der Waals surface area (Å²) in [4.78, 5) is 38.4. The number of benzene rings is 2. The van der Waals surface area contributed by atoms with Crippen LogP contribution in [0.4, 0.5) is 4.79 Å². The molecule has 1 saturated heterocycles. The molecule has 0 N–H and O–H groups in total. The van der Waals surface area contributed by atoms with Crippen LogP contribution in [-0.2, 0) is 22.7 Å². The third-order valence-corrected chi connectivity index (χ3v) is 6.42. The van der Waals surface area contributed by atoms with Crippen molar-refractivity contribution in [1.29, 1.82) is 5.26 Å². The molecule has 0 saturated carbocycles. The second kappa shape index (κ2) is 10.6. The number of hydrogen-bond donors (Lipinski definition) is 0. The predicted octanol–water partition coefficient (Wildman–Crippen LogP) is 5.52. The van der Waals surface area contributed by atoms with Gasteiger partial charge in [0.1, 0.15) is 18.1 Å². The van der Waals surface area contributed by atoms with Gasteiger partial charge in [-0.1, -0.05) is 34.1 Å². The quantitative estimate of drug-likeness (QED) is 0.278. The highest BCUT2D eigenvalue weighted by Crippen LogP contribution is 2.36. The number of rotatable bonds is 7. The van der Waals surface area contributed by atoms with E-state index in [9.17, 15) is 19.6 Å². The van der Waals surface area contributed by atoms with E-state index in [4.69, 9.17) is 9.15 Å². The second-order valence-corrected chi connectivity index (χ2v) is 9.17. The molecule has 2 aromatic carbocycles. The van der Waals surface area contributed by atoms with Crippen LogP contribution in [0.25, 0.3) is 6.08 Å². The third kappa shape index (κ3) is 5.48. The van der Waals surface area contributed by atoms with E-state index in [-0.39, 0.29) is 29.6 Å². The van der Waals surface area contributed by atoms with Gasteiger partial charge in [0.15, 0.2) is 0 Å². The Labute approximate surface area is 213 Å². The number of esters is 1. The Hall–Kier alpha value is -3.81. The smallest absolute Gasteiger partial charge is 0.373 e. The summed E-state index contributed by atoms with van der Waals surface area (Å²) in [5.41, 5.74) is 1.83. The molecule has 1 aromatic heterocycles. The Morgan fingerprint density at radius 3 is 2.77 bits per heavy atom. The van der Waals surface area contributed by atoms with Gasteiger partial charge >= 0.3 is 5.97 Å². The van der Waals surface area contributed by atoms with Crippen molar-refractivity contribution >= 4 is 50.9 Å². The van der Waals surface area contributed by atoms with Crippen molar-refractivity contribution in [3.8, 4) is 11.8 Å². The molecule has 1 aliphatic heterocycles. The molecule has 2 heterocycles. The molecule has 3 aromatic rings. The van der Waals surface area contributed by atoms with E-state index >= 15 is 0 Å². The molecule has 1 aliphatic rings. The number of furan rings is 1. The summed E-state index contributed by atoms with van der Waals surface area (Å²) in [6.45, 7) is 0.0422. The van der Waals surface area contributed by atoms with Gasteiger partial charge in [0.05, 0.1) is 30.2 Å². The summed E-state index contributed by atoms with van der Waals surface area (Å²) < 4.78 is 16.7.